The van der Waals surface area contributed by atoms with Gasteiger partial charge in [0.15, 0.2) is 0 Å². The number of imidazole rings is 2. The van der Waals surface area contributed by atoms with Crippen molar-refractivity contribution in [3.8, 4) is 11.1 Å². The Morgan fingerprint density at radius 2 is 1.17 bits per heavy atom. The summed E-state index contributed by atoms with van der Waals surface area (Å²) >= 11 is 3.35. The molecule has 3 aliphatic rings. The molecule has 21 nitrogen and oxygen atoms in total. The summed E-state index contributed by atoms with van der Waals surface area (Å²) < 4.78 is 21.8. The Bertz CT molecular complexity index is 4060. The molecule has 89 heavy (non-hydrogen) atoms. The van der Waals surface area contributed by atoms with Crippen LogP contribution in [-0.2, 0) is 71.8 Å². The van der Waals surface area contributed by atoms with Gasteiger partial charge >= 0.3 is 13.1 Å². The number of aryl methyl sites for hydroxylation is 4. The maximum absolute atomic E-state index is 13.6. The van der Waals surface area contributed by atoms with Gasteiger partial charge in [0.2, 0.25) is 11.9 Å². The minimum atomic E-state index is -0.634. The number of aliphatic hydroxyl groups is 1. The molecule has 8 aromatic rings. The lowest BCUT2D eigenvalue weighted by atomic mass is 9.75. The molecule has 23 heteroatoms. The summed E-state index contributed by atoms with van der Waals surface area (Å²) in [4.78, 5) is 85.8. The van der Waals surface area contributed by atoms with Gasteiger partial charge in [0, 0.05) is 130 Å². The smallest absolute Gasteiger partial charge is 0.461 e. The molecule has 0 aliphatic carbocycles. The lowest BCUT2D eigenvalue weighted by molar-refractivity contribution is -0.142. The van der Waals surface area contributed by atoms with Gasteiger partial charge in [-0.3, -0.25) is 24.0 Å². The molecule has 466 valence electrons. The zero-order valence-corrected chi connectivity index (χ0v) is 54.4. The summed E-state index contributed by atoms with van der Waals surface area (Å²) in [7, 11) is 10.7. The molecule has 4 aromatic heterocycles. The first-order chi connectivity index (χ1) is 42.3. The van der Waals surface area contributed by atoms with Crippen molar-refractivity contribution in [2.45, 2.75) is 98.6 Å². The number of halogens is 1. The van der Waals surface area contributed by atoms with Gasteiger partial charge < -0.3 is 68.5 Å². The largest absolute Gasteiger partial charge is 0.495 e. The van der Waals surface area contributed by atoms with Crippen LogP contribution in [-0.4, -0.2) is 112 Å². The molecule has 4 aromatic carbocycles. The predicted molar refractivity (Wildman–Crippen MR) is 355 cm³/mol. The van der Waals surface area contributed by atoms with Crippen LogP contribution in [0.3, 0.4) is 0 Å². The van der Waals surface area contributed by atoms with Crippen molar-refractivity contribution >= 4 is 92.3 Å². The lowest BCUT2D eigenvalue weighted by Crippen LogP contribution is -2.42. The molecule has 3 aliphatic heterocycles. The molecule has 0 saturated carbocycles. The quantitative estimate of drug-likeness (QED) is 0.0475. The molecular formula is C66H78BBrN12O9. The SMILES string of the molecule is CC(=O)OCc1c(B2OC(C)(C)C(C)(C)O2)cccc1N1CCc2cc(N(C)C)ccc2C1=O.CCc1cnc(Nc2cc(-c3cccc(N4CCc5cc(N(C)C)ccc5C4=O)c3CO)cn(C)c2=O)[nH]1.CCc1cnc(Nc2cc(Br)cn(C)c2=O)[nH]1. The Morgan fingerprint density at radius 3 is 1.64 bits per heavy atom. The van der Waals surface area contributed by atoms with Crippen molar-refractivity contribution in [1.29, 1.82) is 0 Å². The molecule has 0 unspecified atom stereocenters. The highest BCUT2D eigenvalue weighted by Gasteiger charge is 2.52. The van der Waals surface area contributed by atoms with Crippen molar-refractivity contribution in [2.24, 2.45) is 14.1 Å². The van der Waals surface area contributed by atoms with Crippen LogP contribution >= 0.6 is 15.9 Å². The number of pyridine rings is 2. The second-order valence-corrected chi connectivity index (χ2v) is 24.5. The number of esters is 1. The third kappa shape index (κ3) is 14.1. The normalized spacial score (nSPS) is 14.7. The maximum atomic E-state index is 13.6. The summed E-state index contributed by atoms with van der Waals surface area (Å²) in [6.45, 7) is 14.2. The fraction of sp³-hybridized carbons (Fsp3) is 0.348. The monoisotopic (exact) mass is 1270 g/mol. The number of nitrogens with zero attached hydrogens (tertiary/aromatic N) is 8. The number of hydrogen-bond donors (Lipinski definition) is 5. The van der Waals surface area contributed by atoms with E-state index >= 15 is 0 Å². The number of hydrogen-bond acceptors (Lipinski definition) is 15. The number of fused-ring (bicyclic) bond motifs is 2. The van der Waals surface area contributed by atoms with E-state index in [2.05, 4.69) is 58.6 Å². The van der Waals surface area contributed by atoms with Gasteiger partial charge in [-0.15, -0.1) is 0 Å². The fourth-order valence-corrected chi connectivity index (χ4v) is 11.3. The number of nitrogens with one attached hydrogen (secondary N) is 4. The molecule has 1 fully saturated rings. The van der Waals surface area contributed by atoms with Crippen LogP contribution in [0.5, 0.6) is 0 Å². The van der Waals surface area contributed by atoms with E-state index in [1.165, 1.54) is 16.1 Å². The molecule has 5 N–H and O–H groups in total. The third-order valence-electron chi connectivity index (χ3n) is 16.5. The van der Waals surface area contributed by atoms with Crippen LogP contribution in [0.25, 0.3) is 11.1 Å². The van der Waals surface area contributed by atoms with Crippen molar-refractivity contribution in [3.05, 3.63) is 180 Å². The van der Waals surface area contributed by atoms with Crippen molar-refractivity contribution in [1.82, 2.24) is 29.1 Å². The van der Waals surface area contributed by atoms with Gasteiger partial charge in [0.1, 0.15) is 18.0 Å². The molecule has 0 bridgehead atoms. The molecule has 0 spiro atoms. The Kier molecular flexibility index (Phi) is 19.6. The second kappa shape index (κ2) is 26.9. The lowest BCUT2D eigenvalue weighted by Gasteiger charge is -2.32. The van der Waals surface area contributed by atoms with Crippen LogP contribution in [0.1, 0.15) is 103 Å². The van der Waals surface area contributed by atoms with Crippen LogP contribution in [0.2, 0.25) is 0 Å². The Morgan fingerprint density at radius 1 is 0.685 bits per heavy atom. The Balaban J connectivity index is 0.000000169. The zero-order valence-electron chi connectivity index (χ0n) is 52.8. The number of aliphatic hydroxyl groups excluding tert-OH is 1. The van der Waals surface area contributed by atoms with Gasteiger partial charge in [-0.05, 0) is 152 Å². The summed E-state index contributed by atoms with van der Waals surface area (Å²) in [6.07, 6.45) is 10.1. The summed E-state index contributed by atoms with van der Waals surface area (Å²) in [5.74, 6) is 0.526. The second-order valence-electron chi connectivity index (χ2n) is 23.6. The zero-order chi connectivity index (χ0) is 64.2. The Labute approximate surface area is 527 Å². The third-order valence-corrected chi connectivity index (χ3v) is 17.0. The minimum absolute atomic E-state index is 0.0289. The van der Waals surface area contributed by atoms with Crippen LogP contribution in [0.15, 0.2) is 124 Å². The van der Waals surface area contributed by atoms with Crippen LogP contribution in [0, 0.1) is 0 Å². The molecule has 2 amide bonds. The van der Waals surface area contributed by atoms with Crippen LogP contribution < -0.4 is 46.8 Å². The summed E-state index contributed by atoms with van der Waals surface area (Å²) in [6, 6.07) is 26.6. The van der Waals surface area contributed by atoms with E-state index in [1.54, 1.807) is 60.8 Å². The van der Waals surface area contributed by atoms with E-state index in [9.17, 15) is 29.1 Å². The number of ether oxygens (including phenoxy) is 1. The number of amides is 2. The fourth-order valence-electron chi connectivity index (χ4n) is 10.8. The van der Waals surface area contributed by atoms with Crippen LogP contribution in [0.4, 0.5) is 46.0 Å². The standard InChI is InChI=1S/C29H32N6O3.C26H33BN2O5.C11H13BrN4O/c1-5-20-15-30-29(31-20)32-25-14-19(16-34(4)28(25)38)22-7-6-8-26(24(22)17-36)35-12-11-18-13-21(33(2)3)9-10-23(18)27(35)37;1-17(30)32-16-21-22(27-33-25(2,3)26(4,5)34-27)9-8-10-23(21)29-14-13-18-15-19(28(6)7)11-12-20(18)24(29)31;1-3-8-5-13-11(14-8)15-9-4-7(12)6-16(2)10(9)17/h6-10,13-16,36H,5,11-12,17H2,1-4H3,(H2,30,31,32);8-12,15H,13-14,16H2,1-7H3;4-6H,3H2,1-2H3,(H2,13,14,15). The molecular weight excluding hydrogens is 1200 g/mol. The average Bonchev–Trinajstić information content (AvgIpc) is 1.86. The average molecular weight is 1270 g/mol. The Hall–Kier alpha value is -8.77. The summed E-state index contributed by atoms with van der Waals surface area (Å²) in [5, 5.41) is 16.6. The number of H-pyrrole nitrogens is 2. The highest BCUT2D eigenvalue weighted by atomic mass is 79.9. The van der Waals surface area contributed by atoms with E-state index in [0.29, 0.717) is 70.8 Å². The number of rotatable bonds is 15. The number of aromatic nitrogens is 6. The highest BCUT2D eigenvalue weighted by Crippen LogP contribution is 2.39. The number of anilines is 8. The predicted octanol–water partition coefficient (Wildman–Crippen LogP) is 9.34. The molecule has 1 saturated heterocycles. The molecule has 0 atom stereocenters. The number of carbonyl (C=O) groups is 3. The minimum Gasteiger partial charge on any atom is -0.461 e. The number of carbonyl (C=O) groups excluding carboxylic acids is 3. The molecule has 0 radical (unpaired) electrons. The molecule has 7 heterocycles. The van der Waals surface area contributed by atoms with E-state index in [1.807, 2.05) is 140 Å². The topological polar surface area (TPSA) is 238 Å². The van der Waals surface area contributed by atoms with Gasteiger partial charge in [0.25, 0.3) is 22.9 Å². The van der Waals surface area contributed by atoms with Gasteiger partial charge in [-0.25, -0.2) is 9.97 Å². The number of aromatic amines is 2. The van der Waals surface area contributed by atoms with E-state index in [0.717, 1.165) is 79.8 Å². The van der Waals surface area contributed by atoms with E-state index in [-0.39, 0.29) is 42.1 Å². The van der Waals surface area contributed by atoms with Crippen molar-refractivity contribution in [2.75, 3.05) is 71.5 Å². The van der Waals surface area contributed by atoms with E-state index in [4.69, 9.17) is 14.0 Å². The first-order valence-corrected chi connectivity index (χ1v) is 30.4. The first kappa shape index (κ1) is 64.7. The van der Waals surface area contributed by atoms with Gasteiger partial charge in [-0.1, -0.05) is 38.1 Å². The highest BCUT2D eigenvalue weighted by molar-refractivity contribution is 9.10. The van der Waals surface area contributed by atoms with Crippen molar-refractivity contribution in [3.63, 3.8) is 0 Å². The molecule has 11 rings (SSSR count). The van der Waals surface area contributed by atoms with Gasteiger partial charge in [0.05, 0.1) is 41.6 Å². The number of benzene rings is 4. The van der Waals surface area contributed by atoms with Crippen molar-refractivity contribution < 1.29 is 33.5 Å². The van der Waals surface area contributed by atoms with Gasteiger partial charge in [-0.2, -0.15) is 0 Å². The van der Waals surface area contributed by atoms with E-state index < -0.39 is 18.3 Å². The maximum Gasteiger partial charge on any atom is 0.495 e. The summed E-state index contributed by atoms with van der Waals surface area (Å²) in [5.41, 5.74) is 12.0. The first-order valence-electron chi connectivity index (χ1n) is 29.6.